The van der Waals surface area contributed by atoms with Gasteiger partial charge in [-0.05, 0) is 11.6 Å². The summed E-state index contributed by atoms with van der Waals surface area (Å²) in [6.45, 7) is 1.81. The third kappa shape index (κ3) is 3.47. The van der Waals surface area contributed by atoms with Crippen LogP contribution < -0.4 is 10.1 Å². The van der Waals surface area contributed by atoms with Gasteiger partial charge in [-0.3, -0.25) is 19.8 Å². The molecular weight excluding hydrogens is 278 g/mol. The summed E-state index contributed by atoms with van der Waals surface area (Å²) in [6.07, 6.45) is 0. The third-order valence-corrected chi connectivity index (χ3v) is 3.25. The maximum atomic E-state index is 11.9. The fourth-order valence-corrected chi connectivity index (χ4v) is 2.23. The van der Waals surface area contributed by atoms with Gasteiger partial charge >= 0.3 is 5.69 Å². The van der Waals surface area contributed by atoms with E-state index in [4.69, 9.17) is 9.47 Å². The predicted octanol–water partition coefficient (Wildman–Crippen LogP) is 1.00. The number of hydrogen-bond donors (Lipinski definition) is 1. The number of carbonyl (C=O) groups is 1. The average molecular weight is 295 g/mol. The quantitative estimate of drug-likeness (QED) is 0.643. The molecule has 0 radical (unpaired) electrons. The first-order valence-electron chi connectivity index (χ1n) is 6.41. The Morgan fingerprint density at radius 3 is 2.76 bits per heavy atom. The molecule has 0 bridgehead atoms. The Bertz CT molecular complexity index is 561. The molecule has 1 amide bonds. The molecule has 1 heterocycles. The zero-order valence-electron chi connectivity index (χ0n) is 11.9. The standard InChI is InChI=1S/C13H17N3O5/c1-20-4-3-15-7-9-5-12(21-2)11(16(18)19)6-10(9)14-13(17)8-15/h5-6H,3-4,7-8H2,1-2H3,(H,14,17). The van der Waals surface area contributed by atoms with Gasteiger partial charge < -0.3 is 14.8 Å². The number of benzene rings is 1. The van der Waals surface area contributed by atoms with Gasteiger partial charge in [0, 0.05) is 26.3 Å². The van der Waals surface area contributed by atoms with E-state index in [2.05, 4.69) is 5.32 Å². The van der Waals surface area contributed by atoms with Crippen molar-refractivity contribution in [3.63, 3.8) is 0 Å². The second-order valence-corrected chi connectivity index (χ2v) is 4.69. The molecule has 0 aliphatic carbocycles. The Labute approximate surface area is 121 Å². The number of nitrogens with one attached hydrogen (secondary N) is 1. The lowest BCUT2D eigenvalue weighted by Gasteiger charge is -2.18. The molecule has 1 aromatic rings. The van der Waals surface area contributed by atoms with Crippen molar-refractivity contribution in [2.24, 2.45) is 0 Å². The maximum Gasteiger partial charge on any atom is 0.313 e. The summed E-state index contributed by atoms with van der Waals surface area (Å²) in [4.78, 5) is 24.3. The predicted molar refractivity (Wildman–Crippen MR) is 75.4 cm³/mol. The van der Waals surface area contributed by atoms with Gasteiger partial charge in [0.25, 0.3) is 0 Å². The van der Waals surface area contributed by atoms with Gasteiger partial charge in [-0.25, -0.2) is 0 Å². The van der Waals surface area contributed by atoms with Crippen LogP contribution in [0, 0.1) is 10.1 Å². The molecule has 0 atom stereocenters. The molecule has 0 unspecified atom stereocenters. The number of ether oxygens (including phenoxy) is 2. The number of fused-ring (bicyclic) bond motifs is 1. The number of nitrogens with zero attached hydrogens (tertiary/aromatic N) is 2. The van der Waals surface area contributed by atoms with Gasteiger partial charge in [-0.1, -0.05) is 0 Å². The van der Waals surface area contributed by atoms with Crippen molar-refractivity contribution >= 4 is 17.3 Å². The van der Waals surface area contributed by atoms with Gasteiger partial charge in [0.1, 0.15) is 0 Å². The Morgan fingerprint density at radius 2 is 2.14 bits per heavy atom. The zero-order valence-corrected chi connectivity index (χ0v) is 11.9. The summed E-state index contributed by atoms with van der Waals surface area (Å²) >= 11 is 0. The summed E-state index contributed by atoms with van der Waals surface area (Å²) in [5.74, 6) is -0.0223. The van der Waals surface area contributed by atoms with Gasteiger partial charge in [-0.15, -0.1) is 0 Å². The van der Waals surface area contributed by atoms with Crippen molar-refractivity contribution in [3.05, 3.63) is 27.8 Å². The third-order valence-electron chi connectivity index (χ3n) is 3.25. The second-order valence-electron chi connectivity index (χ2n) is 4.69. The minimum Gasteiger partial charge on any atom is -0.490 e. The summed E-state index contributed by atoms with van der Waals surface area (Å²) in [6, 6.07) is 2.94. The monoisotopic (exact) mass is 295 g/mol. The number of methoxy groups -OCH3 is 2. The number of amides is 1. The molecule has 1 aliphatic heterocycles. The van der Waals surface area contributed by atoms with E-state index in [1.165, 1.54) is 13.2 Å². The van der Waals surface area contributed by atoms with E-state index in [-0.39, 0.29) is 23.9 Å². The molecule has 1 N–H and O–H groups in total. The first kappa shape index (κ1) is 15.2. The number of anilines is 1. The van der Waals surface area contributed by atoms with Crippen LogP contribution in [0.3, 0.4) is 0 Å². The van der Waals surface area contributed by atoms with Crippen molar-refractivity contribution in [3.8, 4) is 5.75 Å². The highest BCUT2D eigenvalue weighted by molar-refractivity contribution is 5.94. The first-order valence-corrected chi connectivity index (χ1v) is 6.41. The van der Waals surface area contributed by atoms with Crippen LogP contribution >= 0.6 is 0 Å². The number of carbonyl (C=O) groups excluding carboxylic acids is 1. The molecule has 0 fully saturated rings. The van der Waals surface area contributed by atoms with Crippen molar-refractivity contribution in [1.82, 2.24) is 4.90 Å². The second kappa shape index (κ2) is 6.51. The lowest BCUT2D eigenvalue weighted by Crippen LogP contribution is -2.32. The van der Waals surface area contributed by atoms with E-state index in [1.807, 2.05) is 4.90 Å². The maximum absolute atomic E-state index is 11.9. The lowest BCUT2D eigenvalue weighted by atomic mass is 10.1. The minimum atomic E-state index is -0.529. The van der Waals surface area contributed by atoms with Crippen molar-refractivity contribution in [2.45, 2.75) is 6.54 Å². The van der Waals surface area contributed by atoms with E-state index >= 15 is 0 Å². The van der Waals surface area contributed by atoms with Gasteiger partial charge in [0.05, 0.1) is 30.9 Å². The lowest BCUT2D eigenvalue weighted by molar-refractivity contribution is -0.385. The summed E-state index contributed by atoms with van der Waals surface area (Å²) in [5, 5.41) is 13.7. The fourth-order valence-electron chi connectivity index (χ4n) is 2.23. The molecule has 114 valence electrons. The molecule has 0 aromatic heterocycles. The van der Waals surface area contributed by atoms with Crippen molar-refractivity contribution in [2.75, 3.05) is 39.2 Å². The van der Waals surface area contributed by atoms with Gasteiger partial charge in [0.2, 0.25) is 5.91 Å². The van der Waals surface area contributed by atoms with E-state index in [0.717, 1.165) is 5.56 Å². The molecule has 2 rings (SSSR count). The normalized spacial score (nSPS) is 15.0. The summed E-state index contributed by atoms with van der Waals surface area (Å²) < 4.78 is 10.1. The number of nitro groups is 1. The largest absolute Gasteiger partial charge is 0.490 e. The molecule has 1 aliphatic rings. The van der Waals surface area contributed by atoms with E-state index < -0.39 is 4.92 Å². The van der Waals surface area contributed by atoms with Crippen LogP contribution in [-0.2, 0) is 16.1 Å². The topological polar surface area (TPSA) is 93.9 Å². The van der Waals surface area contributed by atoms with Crippen LogP contribution in [0.2, 0.25) is 0 Å². The molecule has 0 saturated carbocycles. The van der Waals surface area contributed by atoms with Crippen molar-refractivity contribution in [1.29, 1.82) is 0 Å². The molecule has 0 saturated heterocycles. The van der Waals surface area contributed by atoms with Crippen LogP contribution in [-0.4, -0.2) is 49.6 Å². The van der Waals surface area contributed by atoms with Crippen molar-refractivity contribution < 1.29 is 19.2 Å². The number of hydrogen-bond acceptors (Lipinski definition) is 6. The molecule has 8 nitrogen and oxygen atoms in total. The Morgan fingerprint density at radius 1 is 1.38 bits per heavy atom. The summed E-state index contributed by atoms with van der Waals surface area (Å²) in [7, 11) is 2.98. The van der Waals surface area contributed by atoms with E-state index in [1.54, 1.807) is 13.2 Å². The molecule has 8 heteroatoms. The highest BCUT2D eigenvalue weighted by Crippen LogP contribution is 2.34. The van der Waals surface area contributed by atoms with E-state index in [0.29, 0.717) is 25.4 Å². The molecular formula is C13H17N3O5. The Balaban J connectivity index is 2.36. The highest BCUT2D eigenvalue weighted by atomic mass is 16.6. The Kier molecular flexibility index (Phi) is 4.71. The molecule has 1 aromatic carbocycles. The zero-order chi connectivity index (χ0) is 15.4. The average Bonchev–Trinajstić information content (AvgIpc) is 2.60. The smallest absolute Gasteiger partial charge is 0.313 e. The van der Waals surface area contributed by atoms with Gasteiger partial charge in [0.15, 0.2) is 5.75 Å². The fraction of sp³-hybridized carbons (Fsp3) is 0.462. The Hall–Kier alpha value is -2.19. The SMILES string of the molecule is COCCN1CC(=O)Nc2cc([N+](=O)[O-])c(OC)cc2C1. The van der Waals surface area contributed by atoms with Crippen LogP contribution in [0.1, 0.15) is 5.56 Å². The summed E-state index contributed by atoms with van der Waals surface area (Å²) in [5.41, 5.74) is 1.06. The number of nitro benzene ring substituents is 1. The molecule has 0 spiro atoms. The minimum absolute atomic E-state index is 0.165. The highest BCUT2D eigenvalue weighted by Gasteiger charge is 2.24. The van der Waals surface area contributed by atoms with Crippen LogP contribution in [0.15, 0.2) is 12.1 Å². The van der Waals surface area contributed by atoms with Crippen LogP contribution in [0.25, 0.3) is 0 Å². The number of rotatable bonds is 5. The van der Waals surface area contributed by atoms with Crippen LogP contribution in [0.5, 0.6) is 5.75 Å². The van der Waals surface area contributed by atoms with Crippen LogP contribution in [0.4, 0.5) is 11.4 Å². The first-order chi connectivity index (χ1) is 10.0. The molecule has 21 heavy (non-hydrogen) atoms. The van der Waals surface area contributed by atoms with Gasteiger partial charge in [-0.2, -0.15) is 0 Å². The van der Waals surface area contributed by atoms with E-state index in [9.17, 15) is 14.9 Å².